The average Bonchev–Trinajstić information content (AvgIpc) is 2.75. The van der Waals surface area contributed by atoms with Crippen LogP contribution in [0.4, 0.5) is 0 Å². The van der Waals surface area contributed by atoms with Crippen molar-refractivity contribution < 1.29 is 8.11 Å². The summed E-state index contributed by atoms with van der Waals surface area (Å²) < 4.78 is 22.5. The fourth-order valence-corrected chi connectivity index (χ4v) is 36.9. The third-order valence-corrected chi connectivity index (χ3v) is 35.2. The Morgan fingerprint density at radius 2 is 0.471 bits per heavy atom. The summed E-state index contributed by atoms with van der Waals surface area (Å²) in [4.78, 5) is 0. The summed E-state index contributed by atoms with van der Waals surface area (Å²) in [6.07, 6.45) is 11.2. The van der Waals surface area contributed by atoms with Gasteiger partial charge in [-0.3, -0.25) is 0 Å². The van der Waals surface area contributed by atoms with Gasteiger partial charge in [0.05, 0.1) is 0 Å². The van der Waals surface area contributed by atoms with Crippen LogP contribution in [0.3, 0.4) is 0 Å². The van der Waals surface area contributed by atoms with Crippen LogP contribution in [0.15, 0.2) is 0 Å². The van der Waals surface area contributed by atoms with Crippen LogP contribution in [0, 0.1) is 0 Å². The first kappa shape index (κ1) is 35.3. The van der Waals surface area contributed by atoms with Crippen LogP contribution < -0.4 is 0 Å². The summed E-state index contributed by atoms with van der Waals surface area (Å²) in [5, 5.41) is 0. The Hall–Kier alpha value is 1.35. The summed E-state index contributed by atoms with van der Waals surface area (Å²) in [6.45, 7) is 21.2. The Balaban J connectivity index is 6.41. The molecule has 0 atom stereocenters. The molecular formula is C27H63O3SbSi3. The van der Waals surface area contributed by atoms with Crippen LogP contribution in [0.1, 0.15) is 120 Å². The molecule has 0 aliphatic heterocycles. The number of rotatable bonds is 24. The van der Waals surface area contributed by atoms with Crippen molar-refractivity contribution in [3.63, 3.8) is 0 Å². The van der Waals surface area contributed by atoms with Gasteiger partial charge in [0.2, 0.25) is 0 Å². The first-order chi connectivity index (χ1) is 16.3. The summed E-state index contributed by atoms with van der Waals surface area (Å²) in [7, 11) is -5.46. The van der Waals surface area contributed by atoms with Gasteiger partial charge in [0, 0.05) is 0 Å². The first-order valence-electron chi connectivity index (χ1n) is 15.2. The summed E-state index contributed by atoms with van der Waals surface area (Å²) in [6, 6.07) is 11.6. The zero-order valence-corrected chi connectivity index (χ0v) is 30.5. The molecule has 0 rings (SSSR count). The van der Waals surface area contributed by atoms with Gasteiger partial charge in [-0.25, -0.2) is 0 Å². The van der Waals surface area contributed by atoms with Gasteiger partial charge in [-0.15, -0.1) is 0 Å². The van der Waals surface area contributed by atoms with E-state index in [1.165, 1.54) is 112 Å². The average molecular weight is 642 g/mol. The molecule has 0 saturated carbocycles. The Labute approximate surface area is 227 Å². The van der Waals surface area contributed by atoms with E-state index in [0.29, 0.717) is 0 Å². The van der Waals surface area contributed by atoms with Crippen molar-refractivity contribution in [1.82, 2.24) is 0 Å². The van der Waals surface area contributed by atoms with E-state index in [1.54, 1.807) is 0 Å². The van der Waals surface area contributed by atoms with Crippen LogP contribution in [0.2, 0.25) is 54.4 Å². The Morgan fingerprint density at radius 3 is 0.588 bits per heavy atom. The van der Waals surface area contributed by atoms with Gasteiger partial charge in [-0.1, -0.05) is 0 Å². The summed E-state index contributed by atoms with van der Waals surface area (Å²) >= 11 is -2.79. The third-order valence-electron chi connectivity index (χ3n) is 7.16. The SMILES string of the molecule is CCC[Si](CCC)(CCC)[O][Sb]([O][Si](CCC)(CCC)CCC)[O][Si](CCC)(CCC)CCC. The molecular weight excluding hydrogens is 578 g/mol. The van der Waals surface area contributed by atoms with E-state index in [0.717, 1.165) is 0 Å². The number of hydrogen-bond donors (Lipinski definition) is 0. The van der Waals surface area contributed by atoms with E-state index in [2.05, 4.69) is 62.3 Å². The van der Waals surface area contributed by atoms with Crippen molar-refractivity contribution in [3.8, 4) is 0 Å². The molecule has 0 heterocycles. The molecule has 0 aromatic rings. The van der Waals surface area contributed by atoms with E-state index >= 15 is 0 Å². The Kier molecular flexibility index (Phi) is 21.1. The van der Waals surface area contributed by atoms with E-state index in [1.807, 2.05) is 0 Å². The second kappa shape index (κ2) is 20.3. The van der Waals surface area contributed by atoms with Gasteiger partial charge in [0.25, 0.3) is 0 Å². The molecule has 0 N–H and O–H groups in total. The molecule has 206 valence electrons. The van der Waals surface area contributed by atoms with Crippen LogP contribution in [0.25, 0.3) is 0 Å². The van der Waals surface area contributed by atoms with Gasteiger partial charge in [0.15, 0.2) is 0 Å². The summed E-state index contributed by atoms with van der Waals surface area (Å²) in [5.74, 6) is 0. The molecule has 34 heavy (non-hydrogen) atoms. The van der Waals surface area contributed by atoms with Gasteiger partial charge in [-0.05, 0) is 0 Å². The molecule has 0 fully saturated rings. The maximum absolute atomic E-state index is 7.50. The molecule has 0 spiro atoms. The molecule has 0 aliphatic rings. The fraction of sp³-hybridized carbons (Fsp3) is 1.00. The minimum atomic E-state index is -2.79. The normalized spacial score (nSPS) is 13.2. The Morgan fingerprint density at radius 1 is 0.324 bits per heavy atom. The van der Waals surface area contributed by atoms with Crippen LogP contribution >= 0.6 is 0 Å². The second-order valence-electron chi connectivity index (χ2n) is 10.8. The van der Waals surface area contributed by atoms with E-state index in [4.69, 9.17) is 8.11 Å². The monoisotopic (exact) mass is 640 g/mol. The standard InChI is InChI=1S/3C9H21OSi.Sb/c3*1-4-7-11(10,8-5-2)9-6-3;/h3*4-9H2,1-3H3;/q3*-1;+3. The molecule has 0 aromatic carbocycles. The second-order valence-corrected chi connectivity index (χ2v) is 28.9. The quantitative estimate of drug-likeness (QED) is 0.0982. The van der Waals surface area contributed by atoms with Crippen LogP contribution in [0.5, 0.6) is 0 Å². The molecule has 3 nitrogen and oxygen atoms in total. The molecule has 0 radical (unpaired) electrons. The molecule has 0 aromatic heterocycles. The van der Waals surface area contributed by atoms with Gasteiger partial charge in [-0.2, -0.15) is 0 Å². The number of hydrogen-bond acceptors (Lipinski definition) is 3. The molecule has 7 heteroatoms. The van der Waals surface area contributed by atoms with Crippen LogP contribution in [-0.2, 0) is 8.11 Å². The maximum atomic E-state index is 7.50. The molecule has 0 aliphatic carbocycles. The fourth-order valence-electron chi connectivity index (χ4n) is 6.17. The first-order valence-corrected chi connectivity index (χ1v) is 25.9. The predicted molar refractivity (Wildman–Crippen MR) is 162 cm³/mol. The van der Waals surface area contributed by atoms with E-state index < -0.39 is 46.4 Å². The van der Waals surface area contributed by atoms with Crippen molar-refractivity contribution in [1.29, 1.82) is 0 Å². The van der Waals surface area contributed by atoms with Gasteiger partial charge >= 0.3 is 229 Å². The van der Waals surface area contributed by atoms with Crippen molar-refractivity contribution in [2.75, 3.05) is 0 Å². The molecule has 0 saturated heterocycles. The van der Waals surface area contributed by atoms with Crippen molar-refractivity contribution >= 4 is 46.4 Å². The summed E-state index contributed by atoms with van der Waals surface area (Å²) in [5.41, 5.74) is 0. The zero-order chi connectivity index (χ0) is 25.9. The van der Waals surface area contributed by atoms with Gasteiger partial charge in [0.1, 0.15) is 0 Å². The van der Waals surface area contributed by atoms with Crippen molar-refractivity contribution in [2.45, 2.75) is 174 Å². The zero-order valence-electron chi connectivity index (χ0n) is 24.9. The van der Waals surface area contributed by atoms with Crippen molar-refractivity contribution in [2.24, 2.45) is 0 Å². The topological polar surface area (TPSA) is 27.7 Å². The van der Waals surface area contributed by atoms with Crippen LogP contribution in [-0.4, -0.2) is 46.4 Å². The van der Waals surface area contributed by atoms with E-state index in [-0.39, 0.29) is 0 Å². The van der Waals surface area contributed by atoms with E-state index in [9.17, 15) is 0 Å². The molecule has 0 unspecified atom stereocenters. The predicted octanol–water partition coefficient (Wildman–Crippen LogP) is 10.5. The third kappa shape index (κ3) is 12.7. The molecule has 0 amide bonds. The van der Waals surface area contributed by atoms with Gasteiger partial charge < -0.3 is 0 Å². The van der Waals surface area contributed by atoms with Crippen molar-refractivity contribution in [3.05, 3.63) is 0 Å². The molecule has 0 bridgehead atoms. The minimum absolute atomic E-state index is 1.24. The Bertz CT molecular complexity index is 364.